The maximum atomic E-state index is 15.2. The third kappa shape index (κ3) is 9.97. The molecule has 0 spiro atoms. The average Bonchev–Trinajstić information content (AvgIpc) is 3.65. The summed E-state index contributed by atoms with van der Waals surface area (Å²) >= 11 is 0. The van der Waals surface area contributed by atoms with Gasteiger partial charge in [-0.3, -0.25) is 9.59 Å². The minimum absolute atomic E-state index is 0.0869. The van der Waals surface area contributed by atoms with Crippen molar-refractivity contribution in [2.24, 2.45) is 50.2 Å². The number of methoxy groups -OCH3 is 1. The fourth-order valence-electron chi connectivity index (χ4n) is 16.4. The topological polar surface area (TPSA) is 340 Å². The Balaban J connectivity index is 0.900. The van der Waals surface area contributed by atoms with Crippen molar-refractivity contribution >= 4 is 11.9 Å². The van der Waals surface area contributed by atoms with E-state index in [1.54, 1.807) is 0 Å². The molecule has 9 aliphatic rings. The highest BCUT2D eigenvalue weighted by Crippen LogP contribution is 2.76. The highest BCUT2D eigenvalue weighted by molar-refractivity contribution is 5.79. The summed E-state index contributed by atoms with van der Waals surface area (Å²) in [5, 5.41) is 119. The second kappa shape index (κ2) is 21.6. The predicted molar refractivity (Wildman–Crippen MR) is 265 cm³/mol. The van der Waals surface area contributed by atoms with E-state index in [0.717, 1.165) is 45.6 Å². The normalized spacial score (nSPS) is 52.2. The van der Waals surface area contributed by atoms with Crippen LogP contribution in [-0.4, -0.2) is 211 Å². The van der Waals surface area contributed by atoms with Crippen LogP contribution in [0.25, 0.3) is 0 Å². The van der Waals surface area contributed by atoms with Crippen molar-refractivity contribution in [3.05, 3.63) is 11.6 Å². The third-order valence-electron chi connectivity index (χ3n) is 21.4. The molecule has 0 bridgehead atoms. The van der Waals surface area contributed by atoms with E-state index >= 15 is 4.79 Å². The van der Waals surface area contributed by atoms with Crippen LogP contribution in [0, 0.1) is 50.2 Å². The molecule has 4 heterocycles. The standard InChI is InChI=1S/C55H88O22/c1-24-34(58)37(61)41(65)46(71-24)76-44-27(20-33(57)69-9)72-45(43(67)39(44)63)70-23-29-36(60)38(62)42(66)48(74-29)77-49(68)55-18-16-50(2,3)21-26(55)25-10-11-31-52(6)14-13-32(75-47-40(64)35(59)28(22-56)73-47)51(4,5)30(52)12-15-54(31,8)53(25,7)17-19-55/h10,24,26-32,34-48,56,58-67H,11-23H2,1-9H3/t24-,26?,27-,28-,29-,30?,31?,32?,34+,35-,36-,37+,38+,39-,40+,41+,42-,43-,44?,45+,46-,47-,48-,52?,53+,54?,55?/m0/s1. The fraction of sp³-hybridized carbons (Fsp3) is 0.927. The molecule has 11 N–H and O–H groups in total. The Labute approximate surface area is 450 Å². The van der Waals surface area contributed by atoms with Crippen LogP contribution in [0.1, 0.15) is 126 Å². The summed E-state index contributed by atoms with van der Waals surface area (Å²) in [7, 11) is 1.11. The van der Waals surface area contributed by atoms with Crippen LogP contribution in [0.5, 0.6) is 0 Å². The Morgan fingerprint density at radius 1 is 0.623 bits per heavy atom. The monoisotopic (exact) mass is 1100 g/mol. The molecule has 0 radical (unpaired) electrons. The van der Waals surface area contributed by atoms with Gasteiger partial charge in [0.05, 0.1) is 44.4 Å². The van der Waals surface area contributed by atoms with Gasteiger partial charge in [0.2, 0.25) is 6.29 Å². The van der Waals surface area contributed by atoms with Gasteiger partial charge in [0, 0.05) is 0 Å². The Morgan fingerprint density at radius 3 is 1.90 bits per heavy atom. The Hall–Kier alpha value is -2.04. The number of rotatable bonds is 12. The van der Waals surface area contributed by atoms with Crippen LogP contribution < -0.4 is 0 Å². The molecule has 0 aromatic rings. The maximum absolute atomic E-state index is 15.2. The first kappa shape index (κ1) is 59.6. The molecular weight excluding hydrogens is 1010 g/mol. The minimum atomic E-state index is -1.91. The van der Waals surface area contributed by atoms with Crippen molar-refractivity contribution in [2.75, 3.05) is 20.3 Å². The molecule has 22 heteroatoms. The van der Waals surface area contributed by atoms with Gasteiger partial charge < -0.3 is 98.8 Å². The number of allylic oxidation sites excluding steroid dienone is 2. The van der Waals surface area contributed by atoms with Gasteiger partial charge >= 0.3 is 11.9 Å². The lowest BCUT2D eigenvalue weighted by atomic mass is 9.33. The predicted octanol–water partition coefficient (Wildman–Crippen LogP) is 0.202. The molecule has 8 fully saturated rings. The summed E-state index contributed by atoms with van der Waals surface area (Å²) in [5.41, 5.74) is -0.728. The molecule has 27 atom stereocenters. The summed E-state index contributed by atoms with van der Waals surface area (Å²) in [4.78, 5) is 27.7. The Morgan fingerprint density at radius 2 is 1.22 bits per heavy atom. The third-order valence-corrected chi connectivity index (χ3v) is 21.4. The van der Waals surface area contributed by atoms with Gasteiger partial charge in [-0.2, -0.15) is 0 Å². The Kier molecular flexibility index (Phi) is 16.7. The lowest BCUT2D eigenvalue weighted by Gasteiger charge is -2.71. The molecule has 9 rings (SSSR count). The minimum Gasteiger partial charge on any atom is -0.469 e. The van der Waals surface area contributed by atoms with Gasteiger partial charge in [0.25, 0.3) is 0 Å². The lowest BCUT2D eigenvalue weighted by Crippen LogP contribution is -2.66. The van der Waals surface area contributed by atoms with Crippen molar-refractivity contribution in [1.82, 2.24) is 0 Å². The summed E-state index contributed by atoms with van der Waals surface area (Å²) in [6, 6.07) is 0. The summed E-state index contributed by atoms with van der Waals surface area (Å²) in [6.45, 7) is 16.5. The SMILES string of the molecule is COC(=O)C[C@@H]1O[C@@H](OC[C@@H]2O[C@@H](OC(=O)C34CCC(C)(C)CC3C3=CCC5C6(C)CCC(O[C@@H]7O[C@@H](CO)[C@H](O)[C@H]7O)C(C)(C)C6CCC5(C)[C@]3(C)CC4)[C@@H](O)[C@H](O)[C@H]2O)[C@@H](O)[C@H](O)C1O[C@@H]1O[C@@H](C)[C@@H](O)[C@@H](O)[C@H]1O. The number of carbonyl (C=O) groups excluding carboxylic acids is 2. The van der Waals surface area contributed by atoms with E-state index in [4.69, 9.17) is 42.6 Å². The van der Waals surface area contributed by atoms with Gasteiger partial charge in [-0.1, -0.05) is 60.1 Å². The number of esters is 2. The van der Waals surface area contributed by atoms with E-state index in [1.807, 2.05) is 0 Å². The van der Waals surface area contributed by atoms with Crippen molar-refractivity contribution in [3.63, 3.8) is 0 Å². The molecule has 0 amide bonds. The summed E-state index contributed by atoms with van der Waals surface area (Å²) in [6.07, 6.45) is -20.4. The molecule has 4 saturated heterocycles. The van der Waals surface area contributed by atoms with Gasteiger partial charge in [-0.25, -0.2) is 0 Å². The van der Waals surface area contributed by atoms with E-state index in [-0.39, 0.29) is 45.0 Å². The van der Waals surface area contributed by atoms with Crippen molar-refractivity contribution in [1.29, 1.82) is 0 Å². The van der Waals surface area contributed by atoms with Crippen LogP contribution >= 0.6 is 0 Å². The van der Waals surface area contributed by atoms with E-state index in [9.17, 15) is 61.0 Å². The van der Waals surface area contributed by atoms with Gasteiger partial charge in [-0.15, -0.1) is 0 Å². The summed E-state index contributed by atoms with van der Waals surface area (Å²) < 4.78 is 52.4. The quantitative estimate of drug-likeness (QED) is 0.0919. The summed E-state index contributed by atoms with van der Waals surface area (Å²) in [5.74, 6) is -1.07. The van der Waals surface area contributed by atoms with Gasteiger partial charge in [-0.05, 0) is 116 Å². The van der Waals surface area contributed by atoms with Crippen LogP contribution in [0.15, 0.2) is 11.6 Å². The number of hydrogen-bond acceptors (Lipinski definition) is 22. The smallest absolute Gasteiger partial charge is 0.315 e. The van der Waals surface area contributed by atoms with E-state index in [1.165, 1.54) is 12.5 Å². The molecule has 0 aromatic carbocycles. The first-order chi connectivity index (χ1) is 36.0. The molecule has 8 unspecified atom stereocenters. The molecule has 440 valence electrons. The van der Waals surface area contributed by atoms with Crippen molar-refractivity contribution in [3.8, 4) is 0 Å². The zero-order valence-corrected chi connectivity index (χ0v) is 46.0. The zero-order valence-electron chi connectivity index (χ0n) is 46.0. The van der Waals surface area contributed by atoms with Crippen LogP contribution in [0.2, 0.25) is 0 Å². The number of carbonyl (C=O) groups is 2. The average molecular weight is 1100 g/mol. The second-order valence-corrected chi connectivity index (χ2v) is 26.4. The fourth-order valence-corrected chi connectivity index (χ4v) is 16.4. The van der Waals surface area contributed by atoms with Gasteiger partial charge in [0.15, 0.2) is 18.9 Å². The number of ether oxygens (including phenoxy) is 9. The lowest BCUT2D eigenvalue weighted by molar-refractivity contribution is -0.359. The highest BCUT2D eigenvalue weighted by Gasteiger charge is 2.70. The first-order valence-electron chi connectivity index (χ1n) is 27.9. The number of hydrogen-bond donors (Lipinski definition) is 11. The molecular formula is C55H88O22. The molecule has 0 aromatic heterocycles. The van der Waals surface area contributed by atoms with Gasteiger partial charge in [0.1, 0.15) is 85.5 Å². The largest absolute Gasteiger partial charge is 0.469 e. The number of aliphatic hydroxyl groups is 11. The number of fused-ring (bicyclic) bond motifs is 7. The molecule has 4 saturated carbocycles. The van der Waals surface area contributed by atoms with Crippen molar-refractivity contribution in [2.45, 2.75) is 249 Å². The molecule has 77 heavy (non-hydrogen) atoms. The molecule has 5 aliphatic carbocycles. The Bertz CT molecular complexity index is 2160. The highest BCUT2D eigenvalue weighted by atomic mass is 16.8. The number of aliphatic hydroxyl groups excluding tert-OH is 11. The van der Waals surface area contributed by atoms with E-state index < -0.39 is 154 Å². The van der Waals surface area contributed by atoms with E-state index in [0.29, 0.717) is 31.6 Å². The van der Waals surface area contributed by atoms with Crippen LogP contribution in [-0.2, 0) is 52.2 Å². The zero-order chi connectivity index (χ0) is 56.3. The second-order valence-electron chi connectivity index (χ2n) is 26.4. The van der Waals surface area contributed by atoms with Crippen LogP contribution in [0.4, 0.5) is 0 Å². The van der Waals surface area contributed by atoms with E-state index in [2.05, 4.69) is 54.5 Å². The van der Waals surface area contributed by atoms with Crippen LogP contribution in [0.3, 0.4) is 0 Å². The first-order valence-corrected chi connectivity index (χ1v) is 27.9. The maximum Gasteiger partial charge on any atom is 0.315 e. The molecule has 22 nitrogen and oxygen atoms in total. The molecule has 4 aliphatic heterocycles. The van der Waals surface area contributed by atoms with Crippen molar-refractivity contribution < 1.29 is 108 Å².